The van der Waals surface area contributed by atoms with Crippen LogP contribution in [-0.2, 0) is 19.1 Å². The summed E-state index contributed by atoms with van der Waals surface area (Å²) in [6.07, 6.45) is 7.16. The monoisotopic (exact) mass is 477 g/mol. The van der Waals surface area contributed by atoms with Crippen LogP contribution in [-0.4, -0.2) is 38.8 Å². The zero-order valence-electron chi connectivity index (χ0n) is 18.7. The number of piperidine rings is 1. The van der Waals surface area contributed by atoms with Crippen molar-refractivity contribution in [2.45, 2.75) is 62.6 Å². The highest BCUT2D eigenvalue weighted by Gasteiger charge is 2.30. The van der Waals surface area contributed by atoms with Crippen LogP contribution in [0.15, 0.2) is 41.6 Å². The molecule has 1 aromatic carbocycles. The van der Waals surface area contributed by atoms with E-state index in [1.54, 1.807) is 18.0 Å². The zero-order valence-corrected chi connectivity index (χ0v) is 19.5. The van der Waals surface area contributed by atoms with Crippen molar-refractivity contribution in [3.8, 4) is 0 Å². The summed E-state index contributed by atoms with van der Waals surface area (Å²) < 4.78 is 40.7. The lowest BCUT2D eigenvalue weighted by Gasteiger charge is -2.21. The molecule has 0 atom stereocenters. The largest absolute Gasteiger partial charge is 0.416 e. The van der Waals surface area contributed by atoms with Gasteiger partial charge in [0.2, 0.25) is 0 Å². The molecule has 4 rings (SSSR count). The van der Waals surface area contributed by atoms with Crippen molar-refractivity contribution < 1.29 is 13.2 Å². The van der Waals surface area contributed by atoms with Gasteiger partial charge < -0.3 is 5.32 Å². The Morgan fingerprint density at radius 2 is 1.88 bits per heavy atom. The van der Waals surface area contributed by atoms with Crippen molar-refractivity contribution in [3.63, 3.8) is 0 Å². The molecule has 0 spiro atoms. The number of aryl methyl sites for hydroxylation is 1. The fourth-order valence-corrected chi connectivity index (χ4v) is 5.31. The molecule has 0 bridgehead atoms. The third-order valence-corrected chi connectivity index (χ3v) is 7.27. The van der Waals surface area contributed by atoms with Crippen molar-refractivity contribution in [2.24, 2.45) is 5.92 Å². The van der Waals surface area contributed by atoms with Crippen LogP contribution in [0.2, 0.25) is 0 Å². The summed E-state index contributed by atoms with van der Waals surface area (Å²) in [5, 5.41) is 12.8. The molecule has 1 aliphatic rings. The lowest BCUT2D eigenvalue weighted by atomic mass is 9.93. The Balaban J connectivity index is 1.15. The number of hydrogen-bond acceptors (Lipinski definition) is 5. The molecule has 9 heteroatoms. The molecule has 3 aromatic rings. The van der Waals surface area contributed by atoms with Gasteiger partial charge in [0.25, 0.3) is 0 Å². The maximum atomic E-state index is 12.9. The molecule has 0 unspecified atom stereocenters. The summed E-state index contributed by atoms with van der Waals surface area (Å²) in [6, 6.07) is 5.68. The average Bonchev–Trinajstić information content (AvgIpc) is 3.25. The van der Waals surface area contributed by atoms with E-state index in [9.17, 15) is 13.2 Å². The quantitative estimate of drug-likeness (QED) is 0.298. The van der Waals surface area contributed by atoms with Crippen molar-refractivity contribution in [3.05, 3.63) is 47.9 Å². The third kappa shape index (κ3) is 6.93. The molecule has 1 fully saturated rings. The van der Waals surface area contributed by atoms with Crippen LogP contribution in [0.1, 0.15) is 49.8 Å². The van der Waals surface area contributed by atoms with Gasteiger partial charge in [-0.05, 0) is 75.1 Å². The lowest BCUT2D eigenvalue weighted by Crippen LogP contribution is -2.28. The number of halogens is 3. The number of rotatable bonds is 10. The predicted octanol–water partition coefficient (Wildman–Crippen LogP) is 5.74. The Hall–Kier alpha value is -2.13. The Morgan fingerprint density at radius 3 is 2.70 bits per heavy atom. The van der Waals surface area contributed by atoms with Gasteiger partial charge in [0.05, 0.1) is 16.8 Å². The van der Waals surface area contributed by atoms with Gasteiger partial charge in [0.1, 0.15) is 0 Å². The van der Waals surface area contributed by atoms with Gasteiger partial charge in [0.15, 0.2) is 0 Å². The third-order valence-electron chi connectivity index (χ3n) is 6.11. The molecule has 5 nitrogen and oxygen atoms in total. The highest BCUT2D eigenvalue weighted by Crippen LogP contribution is 2.34. The van der Waals surface area contributed by atoms with E-state index in [0.717, 1.165) is 91.5 Å². The number of pyridine rings is 1. The molecule has 0 saturated carbocycles. The van der Waals surface area contributed by atoms with E-state index >= 15 is 0 Å². The number of alkyl halides is 3. The lowest BCUT2D eigenvalue weighted by molar-refractivity contribution is -0.137. The van der Waals surface area contributed by atoms with Crippen LogP contribution in [0, 0.1) is 5.92 Å². The molecule has 1 aliphatic heterocycles. The van der Waals surface area contributed by atoms with Gasteiger partial charge in [0, 0.05) is 29.2 Å². The summed E-state index contributed by atoms with van der Waals surface area (Å²) in [4.78, 5) is 5.10. The fraction of sp³-hybridized carbons (Fsp3) is 0.542. The average molecular weight is 478 g/mol. The van der Waals surface area contributed by atoms with Crippen molar-refractivity contribution in [2.75, 3.05) is 18.8 Å². The molecular formula is C24H30F3N5S. The van der Waals surface area contributed by atoms with Crippen LogP contribution in [0.4, 0.5) is 13.2 Å². The van der Waals surface area contributed by atoms with E-state index in [1.165, 1.54) is 18.9 Å². The molecule has 2 aromatic heterocycles. The normalized spacial score (nSPS) is 15.4. The van der Waals surface area contributed by atoms with Gasteiger partial charge in [-0.25, -0.2) is 0 Å². The number of thioether (sulfide) groups is 1. The summed E-state index contributed by atoms with van der Waals surface area (Å²) in [7, 11) is 0. The highest BCUT2D eigenvalue weighted by atomic mass is 32.2. The maximum absolute atomic E-state index is 12.9. The topological polar surface area (TPSA) is 55.6 Å². The summed E-state index contributed by atoms with van der Waals surface area (Å²) in [5.41, 5.74) is 0.836. The van der Waals surface area contributed by atoms with E-state index in [-0.39, 0.29) is 0 Å². The smallest absolute Gasteiger partial charge is 0.317 e. The minimum absolute atomic E-state index is 0.391. The maximum Gasteiger partial charge on any atom is 0.416 e. The first-order valence-electron chi connectivity index (χ1n) is 11.7. The fourth-order valence-electron chi connectivity index (χ4n) is 4.26. The van der Waals surface area contributed by atoms with Crippen molar-refractivity contribution in [1.29, 1.82) is 0 Å². The van der Waals surface area contributed by atoms with Gasteiger partial charge >= 0.3 is 6.18 Å². The van der Waals surface area contributed by atoms with Gasteiger partial charge in [-0.15, -0.1) is 16.9 Å². The van der Waals surface area contributed by atoms with Crippen molar-refractivity contribution >= 4 is 22.7 Å². The van der Waals surface area contributed by atoms with Crippen LogP contribution in [0.3, 0.4) is 0 Å². The number of fused-ring (bicyclic) bond motifs is 1. The Bertz CT molecular complexity index is 1030. The predicted molar refractivity (Wildman–Crippen MR) is 125 cm³/mol. The van der Waals surface area contributed by atoms with E-state index in [1.807, 2.05) is 10.7 Å². The van der Waals surface area contributed by atoms with Crippen LogP contribution in [0.5, 0.6) is 0 Å². The minimum Gasteiger partial charge on any atom is -0.317 e. The van der Waals surface area contributed by atoms with E-state index in [2.05, 4.69) is 26.8 Å². The second kappa shape index (κ2) is 11.3. The number of hydrogen-bond donors (Lipinski definition) is 1. The van der Waals surface area contributed by atoms with Crippen LogP contribution < -0.4 is 5.32 Å². The molecule has 0 radical (unpaired) electrons. The van der Waals surface area contributed by atoms with Gasteiger partial charge in [-0.3, -0.25) is 9.67 Å². The van der Waals surface area contributed by atoms with E-state index in [4.69, 9.17) is 0 Å². The van der Waals surface area contributed by atoms with Gasteiger partial charge in [-0.1, -0.05) is 24.1 Å². The molecule has 1 saturated heterocycles. The van der Waals surface area contributed by atoms with Crippen LogP contribution >= 0.6 is 11.8 Å². The Labute approximate surface area is 196 Å². The van der Waals surface area contributed by atoms with Crippen molar-refractivity contribution in [1.82, 2.24) is 25.3 Å². The Morgan fingerprint density at radius 1 is 1.06 bits per heavy atom. The second-order valence-electron chi connectivity index (χ2n) is 8.67. The highest BCUT2D eigenvalue weighted by molar-refractivity contribution is 7.99. The molecule has 0 amide bonds. The number of unbranched alkanes of at least 4 members (excludes halogenated alkanes) is 3. The molecule has 0 aliphatic carbocycles. The summed E-state index contributed by atoms with van der Waals surface area (Å²) in [5.74, 6) is 1.65. The molecule has 33 heavy (non-hydrogen) atoms. The number of benzene rings is 1. The van der Waals surface area contributed by atoms with Crippen LogP contribution in [0.25, 0.3) is 10.9 Å². The zero-order chi connectivity index (χ0) is 23.1. The number of nitrogens with zero attached hydrogens (tertiary/aromatic N) is 4. The first-order chi connectivity index (χ1) is 16.0. The van der Waals surface area contributed by atoms with Gasteiger partial charge in [-0.2, -0.15) is 13.2 Å². The standard InChI is InChI=1S/C24H30F3N5S/c25-24(26,27)19-5-6-21-22(16-19)29-12-9-23(21)33-14-4-2-1-3-13-32-17-20(30-31-32)15-18-7-10-28-11-8-18/h5-6,9,12,16-18,28H,1-4,7-8,10-11,13-15H2. The number of nitrogens with one attached hydrogen (secondary N) is 1. The summed E-state index contributed by atoms with van der Waals surface area (Å²) in [6.45, 7) is 3.10. The Kier molecular flexibility index (Phi) is 8.25. The molecule has 3 heterocycles. The number of aromatic nitrogens is 4. The minimum atomic E-state index is -4.35. The summed E-state index contributed by atoms with van der Waals surface area (Å²) >= 11 is 1.68. The van der Waals surface area contributed by atoms with E-state index < -0.39 is 11.7 Å². The molecule has 1 N–H and O–H groups in total. The second-order valence-corrected chi connectivity index (χ2v) is 9.81. The molecule has 178 valence electrons. The first kappa shape index (κ1) is 24.0. The first-order valence-corrected chi connectivity index (χ1v) is 12.7. The SMILES string of the molecule is FC(F)(F)c1ccc2c(SCCCCCCn3cc(CC4CCNCC4)nn3)ccnc2c1. The molecular weight excluding hydrogens is 447 g/mol. The van der Waals surface area contributed by atoms with E-state index in [0.29, 0.717) is 5.52 Å².